The van der Waals surface area contributed by atoms with Crippen molar-refractivity contribution in [2.45, 2.75) is 30.2 Å². The third-order valence-electron chi connectivity index (χ3n) is 4.05. The van der Waals surface area contributed by atoms with E-state index in [9.17, 15) is 21.6 Å². The van der Waals surface area contributed by atoms with Gasteiger partial charge >= 0.3 is 5.97 Å². The molecule has 1 aromatic rings. The predicted molar refractivity (Wildman–Crippen MR) is 90.8 cm³/mol. The highest BCUT2D eigenvalue weighted by molar-refractivity contribution is 7.92. The van der Waals surface area contributed by atoms with Gasteiger partial charge in [0.05, 0.1) is 23.5 Å². The van der Waals surface area contributed by atoms with E-state index in [2.05, 4.69) is 0 Å². The summed E-state index contributed by atoms with van der Waals surface area (Å²) in [5.41, 5.74) is 0. The van der Waals surface area contributed by atoms with Crippen LogP contribution in [0.25, 0.3) is 0 Å². The van der Waals surface area contributed by atoms with Crippen molar-refractivity contribution in [2.75, 3.05) is 25.2 Å². The third kappa shape index (κ3) is 4.93. The number of sulfonamides is 1. The second-order valence-corrected chi connectivity index (χ2v) is 9.96. The van der Waals surface area contributed by atoms with Crippen LogP contribution in [0.1, 0.15) is 19.3 Å². The first-order valence-corrected chi connectivity index (χ1v) is 11.0. The SMILES string of the molecule is COc1ccc(S(=O)(=O)N(CCCC(=O)O)[C@H]2CCS(=O)(=O)C2)cc1. The van der Waals surface area contributed by atoms with E-state index in [0.717, 1.165) is 4.31 Å². The van der Waals surface area contributed by atoms with Gasteiger partial charge in [-0.05, 0) is 37.1 Å². The van der Waals surface area contributed by atoms with Gasteiger partial charge in [-0.1, -0.05) is 0 Å². The Balaban J connectivity index is 2.29. The van der Waals surface area contributed by atoms with Gasteiger partial charge in [-0.25, -0.2) is 16.8 Å². The number of carboxylic acids is 1. The molecule has 1 saturated heterocycles. The number of carbonyl (C=O) groups is 1. The van der Waals surface area contributed by atoms with E-state index in [-0.39, 0.29) is 42.2 Å². The Morgan fingerprint density at radius 2 is 1.96 bits per heavy atom. The second-order valence-electron chi connectivity index (χ2n) is 5.85. The molecule has 0 amide bonds. The molecule has 10 heteroatoms. The minimum atomic E-state index is -3.94. The highest BCUT2D eigenvalue weighted by atomic mass is 32.2. The van der Waals surface area contributed by atoms with Crippen molar-refractivity contribution in [3.63, 3.8) is 0 Å². The number of benzene rings is 1. The quantitative estimate of drug-likeness (QED) is 0.694. The number of hydrogen-bond donors (Lipinski definition) is 1. The molecule has 2 rings (SSSR count). The lowest BCUT2D eigenvalue weighted by Gasteiger charge is -2.27. The normalized spacial score (nSPS) is 19.8. The zero-order valence-corrected chi connectivity index (χ0v) is 15.4. The Kier molecular flexibility index (Phi) is 6.07. The molecule has 0 bridgehead atoms. The number of carboxylic acid groups (broad SMARTS) is 1. The molecular formula is C15H21NO7S2. The van der Waals surface area contributed by atoms with Gasteiger partial charge in [0, 0.05) is 19.0 Å². The molecular weight excluding hydrogens is 370 g/mol. The molecule has 1 atom stereocenters. The number of ether oxygens (including phenoxy) is 1. The minimum Gasteiger partial charge on any atom is -0.497 e. The van der Waals surface area contributed by atoms with Gasteiger partial charge in [-0.2, -0.15) is 4.31 Å². The summed E-state index contributed by atoms with van der Waals surface area (Å²) in [4.78, 5) is 10.7. The standard InChI is InChI=1S/C15H21NO7S2/c1-23-13-4-6-14(7-5-13)25(21,22)16(9-2-3-15(17)18)12-8-10-24(19,20)11-12/h4-7,12H,2-3,8-11H2,1H3,(H,17,18)/t12-/m0/s1. The van der Waals surface area contributed by atoms with Crippen LogP contribution in [0.3, 0.4) is 0 Å². The molecule has 0 unspecified atom stereocenters. The van der Waals surface area contributed by atoms with Crippen molar-refractivity contribution < 1.29 is 31.5 Å². The van der Waals surface area contributed by atoms with Gasteiger partial charge in [-0.3, -0.25) is 4.79 Å². The topological polar surface area (TPSA) is 118 Å². The van der Waals surface area contributed by atoms with Gasteiger partial charge in [0.15, 0.2) is 9.84 Å². The number of hydrogen-bond acceptors (Lipinski definition) is 6. The molecule has 0 aliphatic carbocycles. The first kappa shape index (κ1) is 19.7. The summed E-state index contributed by atoms with van der Waals surface area (Å²) in [6.07, 6.45) is 0.139. The van der Waals surface area contributed by atoms with Gasteiger partial charge < -0.3 is 9.84 Å². The second kappa shape index (κ2) is 7.71. The fraction of sp³-hybridized carbons (Fsp3) is 0.533. The van der Waals surface area contributed by atoms with E-state index >= 15 is 0 Å². The van der Waals surface area contributed by atoms with Crippen LogP contribution in [-0.4, -0.2) is 63.4 Å². The zero-order chi connectivity index (χ0) is 18.7. The van der Waals surface area contributed by atoms with Gasteiger partial charge in [0.2, 0.25) is 10.0 Å². The smallest absolute Gasteiger partial charge is 0.303 e. The number of methoxy groups -OCH3 is 1. The fourth-order valence-corrected chi connectivity index (χ4v) is 6.29. The molecule has 1 heterocycles. The molecule has 0 saturated carbocycles. The van der Waals surface area contributed by atoms with Crippen LogP contribution in [0.2, 0.25) is 0 Å². The molecule has 0 aromatic heterocycles. The molecule has 1 aliphatic rings. The summed E-state index contributed by atoms with van der Waals surface area (Å²) in [5.74, 6) is -0.832. The minimum absolute atomic E-state index is 0.0212. The Morgan fingerprint density at radius 1 is 1.32 bits per heavy atom. The average Bonchev–Trinajstić information content (AvgIpc) is 2.90. The van der Waals surface area contributed by atoms with E-state index in [0.29, 0.717) is 5.75 Å². The zero-order valence-electron chi connectivity index (χ0n) is 13.8. The van der Waals surface area contributed by atoms with Gasteiger partial charge in [0.25, 0.3) is 0 Å². The number of nitrogens with zero attached hydrogens (tertiary/aromatic N) is 1. The summed E-state index contributed by atoms with van der Waals surface area (Å²) in [5, 5.41) is 8.77. The number of rotatable bonds is 8. The van der Waals surface area contributed by atoms with Crippen molar-refractivity contribution in [1.29, 1.82) is 0 Å². The highest BCUT2D eigenvalue weighted by Crippen LogP contribution is 2.26. The molecule has 1 aliphatic heterocycles. The Labute approximate surface area is 147 Å². The van der Waals surface area contributed by atoms with E-state index in [4.69, 9.17) is 9.84 Å². The summed E-state index contributed by atoms with van der Waals surface area (Å²) in [7, 11) is -5.75. The molecule has 1 fully saturated rings. The third-order valence-corrected chi connectivity index (χ3v) is 7.77. The molecule has 140 valence electrons. The Bertz CT molecular complexity index is 816. The maximum atomic E-state index is 12.9. The van der Waals surface area contributed by atoms with Crippen molar-refractivity contribution in [1.82, 2.24) is 4.31 Å². The molecule has 1 aromatic carbocycles. The number of aliphatic carboxylic acids is 1. The van der Waals surface area contributed by atoms with E-state index in [1.165, 1.54) is 31.4 Å². The van der Waals surface area contributed by atoms with Crippen LogP contribution in [0.5, 0.6) is 5.75 Å². The molecule has 8 nitrogen and oxygen atoms in total. The van der Waals surface area contributed by atoms with Crippen molar-refractivity contribution in [3.8, 4) is 5.75 Å². The van der Waals surface area contributed by atoms with Crippen molar-refractivity contribution in [2.24, 2.45) is 0 Å². The fourth-order valence-electron chi connectivity index (χ4n) is 2.77. The Hall–Kier alpha value is -1.65. The maximum absolute atomic E-state index is 12.9. The average molecular weight is 391 g/mol. The lowest BCUT2D eigenvalue weighted by Crippen LogP contribution is -2.41. The lowest BCUT2D eigenvalue weighted by atomic mass is 10.2. The van der Waals surface area contributed by atoms with Crippen LogP contribution in [-0.2, 0) is 24.7 Å². The van der Waals surface area contributed by atoms with Crippen LogP contribution in [0.4, 0.5) is 0 Å². The number of sulfone groups is 1. The lowest BCUT2D eigenvalue weighted by molar-refractivity contribution is -0.137. The first-order valence-electron chi connectivity index (χ1n) is 7.74. The summed E-state index contributed by atoms with van der Waals surface area (Å²) in [6.45, 7) is -0.0408. The summed E-state index contributed by atoms with van der Waals surface area (Å²) in [6, 6.07) is 5.12. The van der Waals surface area contributed by atoms with Crippen molar-refractivity contribution >= 4 is 25.8 Å². The van der Waals surface area contributed by atoms with Gasteiger partial charge in [-0.15, -0.1) is 0 Å². The molecule has 0 spiro atoms. The molecule has 25 heavy (non-hydrogen) atoms. The summed E-state index contributed by atoms with van der Waals surface area (Å²) >= 11 is 0. The van der Waals surface area contributed by atoms with Crippen LogP contribution < -0.4 is 4.74 Å². The monoisotopic (exact) mass is 391 g/mol. The Morgan fingerprint density at radius 3 is 2.44 bits per heavy atom. The largest absolute Gasteiger partial charge is 0.497 e. The van der Waals surface area contributed by atoms with E-state index in [1.54, 1.807) is 0 Å². The van der Waals surface area contributed by atoms with Crippen LogP contribution >= 0.6 is 0 Å². The van der Waals surface area contributed by atoms with E-state index in [1.807, 2.05) is 0 Å². The van der Waals surface area contributed by atoms with Gasteiger partial charge in [0.1, 0.15) is 5.75 Å². The summed E-state index contributed by atoms with van der Waals surface area (Å²) < 4.78 is 55.5. The van der Waals surface area contributed by atoms with Crippen molar-refractivity contribution in [3.05, 3.63) is 24.3 Å². The maximum Gasteiger partial charge on any atom is 0.303 e. The molecule has 0 radical (unpaired) electrons. The molecule has 1 N–H and O–H groups in total. The van der Waals surface area contributed by atoms with E-state index < -0.39 is 31.9 Å². The predicted octanol–water partition coefficient (Wildman–Crippen LogP) is 0.738. The van der Waals surface area contributed by atoms with Crippen LogP contribution in [0.15, 0.2) is 29.2 Å². The van der Waals surface area contributed by atoms with Crippen LogP contribution in [0, 0.1) is 0 Å². The first-order chi connectivity index (χ1) is 11.7. The highest BCUT2D eigenvalue weighted by Gasteiger charge is 2.38.